The number of carbonyl (C=O) groups is 2. The van der Waals surface area contributed by atoms with Crippen LogP contribution in [0.3, 0.4) is 0 Å². The van der Waals surface area contributed by atoms with Crippen molar-refractivity contribution in [3.63, 3.8) is 0 Å². The van der Waals surface area contributed by atoms with Crippen LogP contribution in [-0.2, 0) is 9.59 Å². The lowest BCUT2D eigenvalue weighted by atomic mass is 10.3. The van der Waals surface area contributed by atoms with Crippen LogP contribution in [0.5, 0.6) is 0 Å². The van der Waals surface area contributed by atoms with Gasteiger partial charge in [-0.25, -0.2) is 4.39 Å². The third kappa shape index (κ3) is 4.60. The van der Waals surface area contributed by atoms with Crippen LogP contribution in [0, 0.1) is 5.82 Å². The minimum atomic E-state index is -0.473. The van der Waals surface area contributed by atoms with E-state index in [4.69, 9.17) is 0 Å². The van der Waals surface area contributed by atoms with E-state index in [-0.39, 0.29) is 23.3 Å². The molecule has 0 radical (unpaired) electrons. The van der Waals surface area contributed by atoms with Crippen LogP contribution in [0.2, 0.25) is 0 Å². The lowest BCUT2D eigenvalue weighted by molar-refractivity contribution is -0.114. The fourth-order valence-electron chi connectivity index (χ4n) is 1.78. The van der Waals surface area contributed by atoms with Gasteiger partial charge in [0.25, 0.3) is 0 Å². The molecule has 2 N–H and O–H groups in total. The van der Waals surface area contributed by atoms with Gasteiger partial charge in [-0.2, -0.15) is 0 Å². The topological polar surface area (TPSA) is 58.2 Å². The lowest BCUT2D eigenvalue weighted by Gasteiger charge is -2.10. The van der Waals surface area contributed by atoms with Crippen molar-refractivity contribution in [3.05, 3.63) is 54.3 Å². The molecule has 0 unspecified atom stereocenters. The summed E-state index contributed by atoms with van der Waals surface area (Å²) in [5.74, 6) is -0.846. The van der Waals surface area contributed by atoms with Crippen molar-refractivity contribution in [1.82, 2.24) is 0 Å². The SMILES string of the molecule is CC(=O)Nc1ccccc1SCC(=O)Nc1ccccc1F. The summed E-state index contributed by atoms with van der Waals surface area (Å²) in [6.07, 6.45) is 0. The van der Waals surface area contributed by atoms with Crippen molar-refractivity contribution in [3.8, 4) is 0 Å². The fraction of sp³-hybridized carbons (Fsp3) is 0.125. The number of rotatable bonds is 5. The summed E-state index contributed by atoms with van der Waals surface area (Å²) in [6, 6.07) is 13.2. The molecular weight excluding hydrogens is 303 g/mol. The second-order valence-corrected chi connectivity index (χ2v) is 5.51. The van der Waals surface area contributed by atoms with Gasteiger partial charge in [-0.05, 0) is 24.3 Å². The van der Waals surface area contributed by atoms with Crippen LogP contribution in [0.1, 0.15) is 6.92 Å². The van der Waals surface area contributed by atoms with E-state index in [0.29, 0.717) is 5.69 Å². The van der Waals surface area contributed by atoms with Gasteiger partial charge in [-0.3, -0.25) is 9.59 Å². The van der Waals surface area contributed by atoms with E-state index in [9.17, 15) is 14.0 Å². The maximum atomic E-state index is 13.5. The molecule has 0 saturated carbocycles. The van der Waals surface area contributed by atoms with Gasteiger partial charge in [0.15, 0.2) is 0 Å². The van der Waals surface area contributed by atoms with Crippen LogP contribution in [0.25, 0.3) is 0 Å². The van der Waals surface area contributed by atoms with Crippen molar-refractivity contribution in [2.45, 2.75) is 11.8 Å². The fourth-order valence-corrected chi connectivity index (χ4v) is 2.59. The number of halogens is 1. The Hall–Kier alpha value is -2.34. The van der Waals surface area contributed by atoms with Crippen LogP contribution >= 0.6 is 11.8 Å². The second kappa shape index (κ2) is 7.61. The standard InChI is InChI=1S/C16H15FN2O2S/c1-11(20)18-14-8-4-5-9-15(14)22-10-16(21)19-13-7-3-2-6-12(13)17/h2-9H,10H2,1H3,(H,18,20)(H,19,21). The number of benzene rings is 2. The molecule has 0 saturated heterocycles. The predicted molar refractivity (Wildman–Crippen MR) is 86.5 cm³/mol. The quantitative estimate of drug-likeness (QED) is 0.829. The molecule has 4 nitrogen and oxygen atoms in total. The van der Waals surface area contributed by atoms with E-state index in [0.717, 1.165) is 4.90 Å². The molecule has 0 heterocycles. The number of hydrogen-bond donors (Lipinski definition) is 2. The Bertz CT molecular complexity index is 691. The molecule has 2 amide bonds. The van der Waals surface area contributed by atoms with E-state index in [1.165, 1.54) is 30.8 Å². The Labute approximate surface area is 132 Å². The van der Waals surface area contributed by atoms with E-state index < -0.39 is 5.82 Å². The van der Waals surface area contributed by atoms with Gasteiger partial charge in [-0.15, -0.1) is 11.8 Å². The zero-order chi connectivity index (χ0) is 15.9. The number of hydrogen-bond acceptors (Lipinski definition) is 3. The van der Waals surface area contributed by atoms with Gasteiger partial charge >= 0.3 is 0 Å². The summed E-state index contributed by atoms with van der Waals surface area (Å²) in [5, 5.41) is 5.22. The largest absolute Gasteiger partial charge is 0.325 e. The van der Waals surface area contributed by atoms with Crippen molar-refractivity contribution in [2.75, 3.05) is 16.4 Å². The van der Waals surface area contributed by atoms with E-state index in [1.807, 2.05) is 12.1 Å². The van der Waals surface area contributed by atoms with Crippen molar-refractivity contribution >= 4 is 35.0 Å². The monoisotopic (exact) mass is 318 g/mol. The first-order valence-corrected chi connectivity index (χ1v) is 7.58. The van der Waals surface area contributed by atoms with E-state index in [1.54, 1.807) is 24.3 Å². The Kier molecular flexibility index (Phi) is 5.55. The number of carbonyl (C=O) groups excluding carboxylic acids is 2. The predicted octanol–water partition coefficient (Wildman–Crippen LogP) is 3.51. The van der Waals surface area contributed by atoms with Gasteiger partial charge in [0, 0.05) is 11.8 Å². The summed E-state index contributed by atoms with van der Waals surface area (Å²) < 4.78 is 13.5. The summed E-state index contributed by atoms with van der Waals surface area (Å²) in [4.78, 5) is 23.8. The molecular formula is C16H15FN2O2S. The van der Waals surface area contributed by atoms with Crippen molar-refractivity contribution in [2.24, 2.45) is 0 Å². The average molecular weight is 318 g/mol. The molecule has 114 valence electrons. The highest BCUT2D eigenvalue weighted by atomic mass is 32.2. The third-order valence-corrected chi connectivity index (χ3v) is 3.78. The number of thioether (sulfide) groups is 1. The second-order valence-electron chi connectivity index (χ2n) is 4.49. The molecule has 0 aromatic heterocycles. The normalized spacial score (nSPS) is 10.1. The van der Waals surface area contributed by atoms with Crippen molar-refractivity contribution < 1.29 is 14.0 Å². The van der Waals surface area contributed by atoms with Crippen LogP contribution in [0.15, 0.2) is 53.4 Å². The average Bonchev–Trinajstić information content (AvgIpc) is 2.48. The van der Waals surface area contributed by atoms with Gasteiger partial charge in [-0.1, -0.05) is 24.3 Å². The number of anilines is 2. The smallest absolute Gasteiger partial charge is 0.234 e. The molecule has 0 spiro atoms. The van der Waals surface area contributed by atoms with E-state index >= 15 is 0 Å². The van der Waals surface area contributed by atoms with Crippen molar-refractivity contribution in [1.29, 1.82) is 0 Å². The Morgan fingerprint density at radius 2 is 1.64 bits per heavy atom. The summed E-state index contributed by atoms with van der Waals surface area (Å²) in [5.41, 5.74) is 0.807. The summed E-state index contributed by atoms with van der Waals surface area (Å²) in [6.45, 7) is 1.42. The molecule has 6 heteroatoms. The molecule has 2 rings (SSSR count). The Balaban J connectivity index is 1.97. The molecule has 0 bridgehead atoms. The molecule has 0 aliphatic rings. The minimum Gasteiger partial charge on any atom is -0.325 e. The Morgan fingerprint density at radius 1 is 1.00 bits per heavy atom. The number of amides is 2. The first-order chi connectivity index (χ1) is 10.6. The first kappa shape index (κ1) is 16.0. The number of nitrogens with one attached hydrogen (secondary N) is 2. The summed E-state index contributed by atoms with van der Waals surface area (Å²) in [7, 11) is 0. The molecule has 22 heavy (non-hydrogen) atoms. The lowest BCUT2D eigenvalue weighted by Crippen LogP contribution is -2.15. The maximum Gasteiger partial charge on any atom is 0.234 e. The highest BCUT2D eigenvalue weighted by molar-refractivity contribution is 8.00. The van der Waals surface area contributed by atoms with Gasteiger partial charge < -0.3 is 10.6 Å². The summed E-state index contributed by atoms with van der Waals surface area (Å²) >= 11 is 1.27. The van der Waals surface area contributed by atoms with Gasteiger partial charge in [0.2, 0.25) is 11.8 Å². The zero-order valence-corrected chi connectivity index (χ0v) is 12.7. The van der Waals surface area contributed by atoms with Gasteiger partial charge in [0.05, 0.1) is 17.1 Å². The maximum absolute atomic E-state index is 13.5. The number of para-hydroxylation sites is 2. The third-order valence-electron chi connectivity index (χ3n) is 2.70. The highest BCUT2D eigenvalue weighted by Gasteiger charge is 2.09. The minimum absolute atomic E-state index is 0.116. The Morgan fingerprint density at radius 3 is 2.32 bits per heavy atom. The van der Waals surface area contributed by atoms with Gasteiger partial charge in [0.1, 0.15) is 5.82 Å². The zero-order valence-electron chi connectivity index (χ0n) is 11.9. The van der Waals surface area contributed by atoms with Crippen LogP contribution < -0.4 is 10.6 Å². The molecule has 0 atom stereocenters. The molecule has 0 aliphatic heterocycles. The molecule has 0 fully saturated rings. The highest BCUT2D eigenvalue weighted by Crippen LogP contribution is 2.27. The molecule has 2 aromatic carbocycles. The van der Waals surface area contributed by atoms with E-state index in [2.05, 4.69) is 10.6 Å². The van der Waals surface area contributed by atoms with Crippen LogP contribution in [0.4, 0.5) is 15.8 Å². The molecule has 2 aromatic rings. The first-order valence-electron chi connectivity index (χ1n) is 6.60. The van der Waals surface area contributed by atoms with Crippen LogP contribution in [-0.4, -0.2) is 17.6 Å². The molecule has 0 aliphatic carbocycles.